The van der Waals surface area contributed by atoms with E-state index in [9.17, 15) is 9.59 Å². The standard InChI is InChI=1S/C18H18N4O4S/c1-11-16(21-26-20-11)18(24)22-7-2-3-13(22)14-4-5-15(27-14)17(23)19-9-12-6-8-25-10-12/h4-6,8,10,13H,2-3,7,9H2,1H3,(H,19,23). The molecule has 9 heteroatoms. The molecular weight excluding hydrogens is 368 g/mol. The molecule has 1 N–H and O–H groups in total. The van der Waals surface area contributed by atoms with Gasteiger partial charge in [0.15, 0.2) is 5.69 Å². The Bertz CT molecular complexity index is 946. The number of aromatic nitrogens is 2. The number of nitrogens with one attached hydrogen (secondary N) is 1. The summed E-state index contributed by atoms with van der Waals surface area (Å²) in [5, 5.41) is 10.3. The van der Waals surface area contributed by atoms with E-state index in [1.54, 1.807) is 30.4 Å². The second kappa shape index (κ2) is 7.36. The molecule has 0 spiro atoms. The number of rotatable bonds is 5. The van der Waals surface area contributed by atoms with Gasteiger partial charge in [-0.1, -0.05) is 5.16 Å². The van der Waals surface area contributed by atoms with E-state index in [1.165, 1.54) is 11.3 Å². The Balaban J connectivity index is 1.46. The van der Waals surface area contributed by atoms with Gasteiger partial charge < -0.3 is 14.6 Å². The highest BCUT2D eigenvalue weighted by molar-refractivity contribution is 7.14. The molecule has 0 aliphatic carbocycles. The Hall–Kier alpha value is -2.94. The van der Waals surface area contributed by atoms with Crippen molar-refractivity contribution in [3.63, 3.8) is 0 Å². The van der Waals surface area contributed by atoms with Crippen LogP contribution in [0.1, 0.15) is 55.2 Å². The summed E-state index contributed by atoms with van der Waals surface area (Å²) in [6.07, 6.45) is 4.93. The van der Waals surface area contributed by atoms with Gasteiger partial charge in [0.2, 0.25) is 0 Å². The van der Waals surface area contributed by atoms with Crippen LogP contribution in [0.3, 0.4) is 0 Å². The van der Waals surface area contributed by atoms with Crippen LogP contribution in [0.15, 0.2) is 39.8 Å². The molecule has 27 heavy (non-hydrogen) atoms. The zero-order chi connectivity index (χ0) is 18.8. The van der Waals surface area contributed by atoms with Gasteiger partial charge in [-0.05, 0) is 43.1 Å². The number of carbonyl (C=O) groups excluding carboxylic acids is 2. The summed E-state index contributed by atoms with van der Waals surface area (Å²) in [4.78, 5) is 28.5. The van der Waals surface area contributed by atoms with E-state index >= 15 is 0 Å². The minimum absolute atomic E-state index is 0.0611. The molecule has 3 aromatic rings. The second-order valence-corrected chi connectivity index (χ2v) is 7.49. The van der Waals surface area contributed by atoms with E-state index in [-0.39, 0.29) is 23.6 Å². The van der Waals surface area contributed by atoms with E-state index in [0.29, 0.717) is 23.7 Å². The molecule has 140 valence electrons. The van der Waals surface area contributed by atoms with Crippen molar-refractivity contribution in [1.82, 2.24) is 20.5 Å². The van der Waals surface area contributed by atoms with Crippen LogP contribution in [0.25, 0.3) is 0 Å². The fourth-order valence-electron chi connectivity index (χ4n) is 3.18. The molecule has 4 rings (SSSR count). The van der Waals surface area contributed by atoms with Gasteiger partial charge in [-0.25, -0.2) is 4.63 Å². The van der Waals surface area contributed by atoms with Gasteiger partial charge in [0.25, 0.3) is 11.8 Å². The second-order valence-electron chi connectivity index (χ2n) is 6.37. The summed E-state index contributed by atoms with van der Waals surface area (Å²) < 4.78 is 9.65. The Morgan fingerprint density at radius 1 is 1.33 bits per heavy atom. The highest BCUT2D eigenvalue weighted by atomic mass is 32.1. The van der Waals surface area contributed by atoms with Gasteiger partial charge in [-0.3, -0.25) is 9.59 Å². The average Bonchev–Trinajstić information content (AvgIpc) is 3.46. The van der Waals surface area contributed by atoms with Gasteiger partial charge in [0.1, 0.15) is 5.69 Å². The quantitative estimate of drug-likeness (QED) is 0.723. The molecule has 1 fully saturated rings. The van der Waals surface area contributed by atoms with Crippen molar-refractivity contribution >= 4 is 23.2 Å². The summed E-state index contributed by atoms with van der Waals surface area (Å²) in [6, 6.07) is 5.47. The number of aryl methyl sites for hydroxylation is 1. The molecule has 2 amide bonds. The van der Waals surface area contributed by atoms with E-state index in [1.807, 2.05) is 12.1 Å². The maximum absolute atomic E-state index is 12.8. The van der Waals surface area contributed by atoms with Gasteiger partial charge in [0.05, 0.1) is 23.4 Å². The maximum atomic E-state index is 12.8. The van der Waals surface area contributed by atoms with E-state index in [0.717, 1.165) is 23.3 Å². The van der Waals surface area contributed by atoms with Crippen molar-refractivity contribution in [2.75, 3.05) is 6.54 Å². The molecule has 4 heterocycles. The largest absolute Gasteiger partial charge is 0.472 e. The molecule has 1 aliphatic heterocycles. The lowest BCUT2D eigenvalue weighted by molar-refractivity contribution is 0.0726. The minimum Gasteiger partial charge on any atom is -0.472 e. The molecule has 0 saturated carbocycles. The van der Waals surface area contributed by atoms with Crippen molar-refractivity contribution in [3.8, 4) is 0 Å². The highest BCUT2D eigenvalue weighted by Gasteiger charge is 2.34. The molecule has 0 aromatic carbocycles. The average molecular weight is 386 g/mol. The van der Waals surface area contributed by atoms with Crippen LogP contribution in [0.2, 0.25) is 0 Å². The zero-order valence-corrected chi connectivity index (χ0v) is 15.5. The molecular formula is C18H18N4O4S. The number of thiophene rings is 1. The Morgan fingerprint density at radius 2 is 2.22 bits per heavy atom. The monoisotopic (exact) mass is 386 g/mol. The van der Waals surface area contributed by atoms with Crippen molar-refractivity contribution in [2.24, 2.45) is 0 Å². The number of nitrogens with zero attached hydrogens (tertiary/aromatic N) is 3. The summed E-state index contributed by atoms with van der Waals surface area (Å²) >= 11 is 1.41. The Morgan fingerprint density at radius 3 is 2.96 bits per heavy atom. The van der Waals surface area contributed by atoms with E-state index in [4.69, 9.17) is 4.42 Å². The Labute approximate surface area is 159 Å². The number of likely N-dealkylation sites (tertiary alicyclic amines) is 1. The minimum atomic E-state index is -0.185. The van der Waals surface area contributed by atoms with Crippen LogP contribution in [-0.4, -0.2) is 33.6 Å². The fourth-order valence-corrected chi connectivity index (χ4v) is 4.26. The van der Waals surface area contributed by atoms with Crippen LogP contribution in [0, 0.1) is 6.92 Å². The number of hydrogen-bond acceptors (Lipinski definition) is 7. The molecule has 3 aromatic heterocycles. The van der Waals surface area contributed by atoms with Crippen molar-refractivity contribution in [3.05, 3.63) is 57.4 Å². The smallest absolute Gasteiger partial charge is 0.278 e. The third-order valence-corrected chi connectivity index (χ3v) is 5.77. The third kappa shape index (κ3) is 3.50. The number of amides is 2. The first-order chi connectivity index (χ1) is 13.1. The van der Waals surface area contributed by atoms with Gasteiger partial charge >= 0.3 is 0 Å². The predicted molar refractivity (Wildman–Crippen MR) is 96.2 cm³/mol. The maximum Gasteiger partial charge on any atom is 0.278 e. The molecule has 0 bridgehead atoms. The first kappa shape index (κ1) is 17.5. The summed E-state index contributed by atoms with van der Waals surface area (Å²) in [6.45, 7) is 2.76. The predicted octanol–water partition coefficient (Wildman–Crippen LogP) is 2.94. The van der Waals surface area contributed by atoms with E-state index < -0.39 is 0 Å². The molecule has 8 nitrogen and oxygen atoms in total. The van der Waals surface area contributed by atoms with E-state index in [2.05, 4.69) is 20.3 Å². The fraction of sp³-hybridized carbons (Fsp3) is 0.333. The number of carbonyl (C=O) groups is 2. The van der Waals surface area contributed by atoms with Crippen LogP contribution in [0.5, 0.6) is 0 Å². The van der Waals surface area contributed by atoms with Crippen molar-refractivity contribution in [1.29, 1.82) is 0 Å². The number of hydrogen-bond donors (Lipinski definition) is 1. The summed E-state index contributed by atoms with van der Waals surface area (Å²) in [7, 11) is 0. The summed E-state index contributed by atoms with van der Waals surface area (Å²) in [5.74, 6) is -0.324. The topological polar surface area (TPSA) is 101 Å². The number of furan rings is 1. The van der Waals surface area contributed by atoms with Crippen molar-refractivity contribution in [2.45, 2.75) is 32.4 Å². The SMILES string of the molecule is Cc1nonc1C(=O)N1CCCC1c1ccc(C(=O)NCc2ccoc2)s1. The Kier molecular flexibility index (Phi) is 4.76. The highest BCUT2D eigenvalue weighted by Crippen LogP contribution is 2.36. The van der Waals surface area contributed by atoms with Crippen LogP contribution >= 0.6 is 11.3 Å². The zero-order valence-electron chi connectivity index (χ0n) is 14.7. The van der Waals surface area contributed by atoms with Gasteiger partial charge in [-0.15, -0.1) is 11.3 Å². The van der Waals surface area contributed by atoms with Crippen LogP contribution in [-0.2, 0) is 6.54 Å². The lowest BCUT2D eigenvalue weighted by Crippen LogP contribution is -2.31. The normalized spacial score (nSPS) is 16.6. The molecule has 0 radical (unpaired) electrons. The van der Waals surface area contributed by atoms with Crippen LogP contribution < -0.4 is 5.32 Å². The molecule has 1 unspecified atom stereocenters. The van der Waals surface area contributed by atoms with Gasteiger partial charge in [0, 0.05) is 23.5 Å². The summed E-state index contributed by atoms with van der Waals surface area (Å²) in [5.41, 5.74) is 1.64. The third-order valence-electron chi connectivity index (χ3n) is 4.58. The first-order valence-electron chi connectivity index (χ1n) is 8.62. The molecule has 1 aliphatic rings. The van der Waals surface area contributed by atoms with Gasteiger partial charge in [-0.2, -0.15) is 0 Å². The van der Waals surface area contributed by atoms with Crippen LogP contribution in [0.4, 0.5) is 0 Å². The molecule has 1 saturated heterocycles. The molecule has 1 atom stereocenters. The van der Waals surface area contributed by atoms with Crippen molar-refractivity contribution < 1.29 is 18.6 Å². The lowest BCUT2D eigenvalue weighted by Gasteiger charge is -2.22. The lowest BCUT2D eigenvalue weighted by atomic mass is 10.1. The first-order valence-corrected chi connectivity index (χ1v) is 9.44.